The van der Waals surface area contributed by atoms with E-state index < -0.39 is 5.97 Å². The van der Waals surface area contributed by atoms with Crippen molar-refractivity contribution in [2.75, 3.05) is 5.32 Å². The molecule has 0 fully saturated rings. The van der Waals surface area contributed by atoms with Gasteiger partial charge in [0.1, 0.15) is 11.6 Å². The number of rotatable bonds is 6. The number of aromatic nitrogens is 2. The quantitative estimate of drug-likeness (QED) is 0.251. The number of benzene rings is 4. The zero-order valence-corrected chi connectivity index (χ0v) is 19.1. The van der Waals surface area contributed by atoms with Crippen molar-refractivity contribution < 1.29 is 14.3 Å². The molecule has 0 saturated heterocycles. The first kappa shape index (κ1) is 22.1. The molecule has 172 valence electrons. The Morgan fingerprint density at radius 2 is 1.60 bits per heavy atom. The maximum absolute atomic E-state index is 12.6. The molecule has 0 atom stereocenters. The molecule has 6 heteroatoms. The molecule has 35 heavy (non-hydrogen) atoms. The number of amides is 1. The Bertz CT molecular complexity index is 1510. The zero-order chi connectivity index (χ0) is 24.2. The van der Waals surface area contributed by atoms with Crippen molar-refractivity contribution >= 4 is 28.6 Å². The molecule has 1 amide bonds. The minimum atomic E-state index is -0.499. The number of nitrogens with zero attached hydrogens (tertiary/aromatic N) is 2. The first-order valence-corrected chi connectivity index (χ1v) is 11.3. The fourth-order valence-corrected chi connectivity index (χ4v) is 3.99. The molecule has 1 aromatic heterocycles. The topological polar surface area (TPSA) is 73.2 Å². The Morgan fingerprint density at radius 3 is 2.37 bits per heavy atom. The van der Waals surface area contributed by atoms with E-state index in [4.69, 9.17) is 9.72 Å². The fraction of sp³-hybridized carbons (Fsp3) is 0.0690. The van der Waals surface area contributed by atoms with E-state index >= 15 is 0 Å². The van der Waals surface area contributed by atoms with Crippen LogP contribution in [0.5, 0.6) is 5.75 Å². The summed E-state index contributed by atoms with van der Waals surface area (Å²) in [7, 11) is 0. The van der Waals surface area contributed by atoms with Crippen molar-refractivity contribution in [3.8, 4) is 17.1 Å². The summed E-state index contributed by atoms with van der Waals surface area (Å²) in [6.07, 6.45) is 0. The third-order valence-electron chi connectivity index (χ3n) is 5.58. The number of imidazole rings is 1. The summed E-state index contributed by atoms with van der Waals surface area (Å²) in [5.74, 6) is 0.566. The minimum Gasteiger partial charge on any atom is -0.423 e. The van der Waals surface area contributed by atoms with Crippen LogP contribution in [0.1, 0.15) is 22.8 Å². The summed E-state index contributed by atoms with van der Waals surface area (Å²) < 4.78 is 7.75. The second-order valence-corrected chi connectivity index (χ2v) is 8.17. The van der Waals surface area contributed by atoms with Gasteiger partial charge in [-0.05, 0) is 60.2 Å². The molecular weight excluding hydrogens is 438 g/mol. The predicted molar refractivity (Wildman–Crippen MR) is 136 cm³/mol. The number of para-hydroxylation sites is 2. The highest BCUT2D eigenvalue weighted by molar-refractivity contribution is 5.94. The SMILES string of the molecule is CC(=O)Nc1cccc(C(=O)Oc2ccc(-c3nc4ccccc4n3Cc3ccccc3)cc2)c1. The highest BCUT2D eigenvalue weighted by Gasteiger charge is 2.14. The van der Waals surface area contributed by atoms with Crippen LogP contribution in [0.2, 0.25) is 0 Å². The van der Waals surface area contributed by atoms with Crippen LogP contribution in [0.25, 0.3) is 22.4 Å². The smallest absolute Gasteiger partial charge is 0.343 e. The Morgan fingerprint density at radius 1 is 0.857 bits per heavy atom. The molecule has 5 rings (SSSR count). The molecule has 6 nitrogen and oxygen atoms in total. The summed E-state index contributed by atoms with van der Waals surface area (Å²) in [6, 6.07) is 32.3. The van der Waals surface area contributed by atoms with Crippen LogP contribution in [-0.2, 0) is 11.3 Å². The standard InChI is InChI=1S/C29H23N3O3/c1-20(33)30-24-11-7-10-23(18-24)29(34)35-25-16-14-22(15-17-25)28-31-26-12-5-6-13-27(26)32(28)19-21-8-3-2-4-9-21/h2-18H,19H2,1H3,(H,30,33). The average Bonchev–Trinajstić information content (AvgIpc) is 3.23. The second-order valence-electron chi connectivity index (χ2n) is 8.17. The lowest BCUT2D eigenvalue weighted by molar-refractivity contribution is -0.114. The molecule has 0 spiro atoms. The van der Waals surface area contributed by atoms with Gasteiger partial charge in [0.05, 0.1) is 16.6 Å². The molecule has 0 saturated carbocycles. The monoisotopic (exact) mass is 461 g/mol. The third kappa shape index (κ3) is 4.96. The van der Waals surface area contributed by atoms with Crippen molar-refractivity contribution in [3.63, 3.8) is 0 Å². The number of carbonyl (C=O) groups is 2. The third-order valence-corrected chi connectivity index (χ3v) is 5.58. The first-order valence-electron chi connectivity index (χ1n) is 11.3. The predicted octanol–water partition coefficient (Wildman–Crippen LogP) is 5.93. The van der Waals surface area contributed by atoms with Crippen molar-refractivity contribution in [1.29, 1.82) is 0 Å². The van der Waals surface area contributed by atoms with Crippen LogP contribution >= 0.6 is 0 Å². The summed E-state index contributed by atoms with van der Waals surface area (Å²) in [5, 5.41) is 2.67. The molecule has 0 aliphatic heterocycles. The van der Waals surface area contributed by atoms with E-state index in [0.717, 1.165) is 22.4 Å². The Kier molecular flexibility index (Phi) is 6.09. The Hall–Kier alpha value is -4.71. The second kappa shape index (κ2) is 9.65. The zero-order valence-electron chi connectivity index (χ0n) is 19.1. The Labute approximate surface area is 202 Å². The molecule has 0 unspecified atom stereocenters. The summed E-state index contributed by atoms with van der Waals surface area (Å²) >= 11 is 0. The van der Waals surface area contributed by atoms with E-state index in [0.29, 0.717) is 23.5 Å². The molecule has 1 heterocycles. The van der Waals surface area contributed by atoms with Gasteiger partial charge in [0.2, 0.25) is 5.91 Å². The number of hydrogen-bond acceptors (Lipinski definition) is 4. The first-order chi connectivity index (χ1) is 17.1. The molecule has 0 aliphatic carbocycles. The summed E-state index contributed by atoms with van der Waals surface area (Å²) in [5.41, 5.74) is 4.98. The normalized spacial score (nSPS) is 10.8. The molecule has 0 radical (unpaired) electrons. The van der Waals surface area contributed by atoms with E-state index in [2.05, 4.69) is 28.1 Å². The highest BCUT2D eigenvalue weighted by atomic mass is 16.5. The number of ether oxygens (including phenoxy) is 1. The van der Waals surface area contributed by atoms with Crippen molar-refractivity contribution in [3.05, 3.63) is 114 Å². The van der Waals surface area contributed by atoms with Gasteiger partial charge >= 0.3 is 5.97 Å². The molecule has 0 bridgehead atoms. The van der Waals surface area contributed by atoms with Crippen LogP contribution in [0.3, 0.4) is 0 Å². The van der Waals surface area contributed by atoms with E-state index in [-0.39, 0.29) is 5.91 Å². The van der Waals surface area contributed by atoms with Crippen LogP contribution in [0, 0.1) is 0 Å². The lowest BCUT2D eigenvalue weighted by Gasteiger charge is -2.11. The highest BCUT2D eigenvalue weighted by Crippen LogP contribution is 2.28. The lowest BCUT2D eigenvalue weighted by atomic mass is 10.1. The maximum atomic E-state index is 12.6. The number of hydrogen-bond donors (Lipinski definition) is 1. The molecule has 0 aliphatic rings. The van der Waals surface area contributed by atoms with Gasteiger partial charge in [-0.25, -0.2) is 9.78 Å². The number of carbonyl (C=O) groups excluding carboxylic acids is 2. The van der Waals surface area contributed by atoms with Crippen LogP contribution in [-0.4, -0.2) is 21.4 Å². The van der Waals surface area contributed by atoms with Gasteiger partial charge in [0.15, 0.2) is 0 Å². The van der Waals surface area contributed by atoms with Crippen LogP contribution in [0.15, 0.2) is 103 Å². The van der Waals surface area contributed by atoms with E-state index in [1.807, 2.05) is 48.5 Å². The molecule has 1 N–H and O–H groups in total. The van der Waals surface area contributed by atoms with Crippen molar-refractivity contribution in [2.45, 2.75) is 13.5 Å². The van der Waals surface area contributed by atoms with Gasteiger partial charge < -0.3 is 14.6 Å². The van der Waals surface area contributed by atoms with Gasteiger partial charge in [0, 0.05) is 24.7 Å². The number of anilines is 1. The molecule has 4 aromatic carbocycles. The minimum absolute atomic E-state index is 0.204. The number of nitrogens with one attached hydrogen (secondary N) is 1. The van der Waals surface area contributed by atoms with E-state index in [9.17, 15) is 9.59 Å². The van der Waals surface area contributed by atoms with Gasteiger partial charge in [-0.15, -0.1) is 0 Å². The van der Waals surface area contributed by atoms with Crippen LogP contribution in [0.4, 0.5) is 5.69 Å². The largest absolute Gasteiger partial charge is 0.423 e. The van der Waals surface area contributed by atoms with E-state index in [1.165, 1.54) is 12.5 Å². The molecular formula is C29H23N3O3. The summed E-state index contributed by atoms with van der Waals surface area (Å²) in [4.78, 5) is 28.8. The van der Waals surface area contributed by atoms with Gasteiger partial charge in [-0.1, -0.05) is 48.5 Å². The lowest BCUT2D eigenvalue weighted by Crippen LogP contribution is -2.10. The maximum Gasteiger partial charge on any atom is 0.343 e. The molecule has 5 aromatic rings. The van der Waals surface area contributed by atoms with Gasteiger partial charge in [0.25, 0.3) is 0 Å². The Balaban J connectivity index is 1.40. The van der Waals surface area contributed by atoms with Crippen LogP contribution < -0.4 is 10.1 Å². The van der Waals surface area contributed by atoms with Gasteiger partial charge in [-0.2, -0.15) is 0 Å². The number of fused-ring (bicyclic) bond motifs is 1. The van der Waals surface area contributed by atoms with Crippen molar-refractivity contribution in [2.24, 2.45) is 0 Å². The van der Waals surface area contributed by atoms with Gasteiger partial charge in [-0.3, -0.25) is 4.79 Å². The van der Waals surface area contributed by atoms with Crippen molar-refractivity contribution in [1.82, 2.24) is 9.55 Å². The fourth-order valence-electron chi connectivity index (χ4n) is 3.99. The summed E-state index contributed by atoms with van der Waals surface area (Å²) in [6.45, 7) is 2.11. The average molecular weight is 462 g/mol. The number of esters is 1. The van der Waals surface area contributed by atoms with E-state index in [1.54, 1.807) is 36.4 Å².